The van der Waals surface area contributed by atoms with Crippen LogP contribution in [0.3, 0.4) is 0 Å². The van der Waals surface area contributed by atoms with E-state index < -0.39 is 0 Å². The fraction of sp³-hybridized carbons (Fsp3) is 0.222. The van der Waals surface area contributed by atoms with Gasteiger partial charge in [0.1, 0.15) is 0 Å². The molecule has 1 aromatic carbocycles. The molecule has 0 aliphatic heterocycles. The Kier molecular flexibility index (Phi) is 1.50. The fourth-order valence-corrected chi connectivity index (χ4v) is 1.39. The van der Waals surface area contributed by atoms with Gasteiger partial charge in [0.25, 0.3) is 0 Å². The Hall–Kier alpha value is -1.51. The highest BCUT2D eigenvalue weighted by molar-refractivity contribution is 5.83. The van der Waals surface area contributed by atoms with Crippen molar-refractivity contribution in [2.24, 2.45) is 0 Å². The molecular weight excluding hydrogens is 150 g/mol. The van der Waals surface area contributed by atoms with Crippen LogP contribution in [-0.2, 0) is 0 Å². The number of aromatic nitrogens is 3. The molecule has 0 amide bonds. The minimum absolute atomic E-state index is 0.919. The monoisotopic (exact) mass is 159 g/mol. The molecule has 0 aliphatic carbocycles. The van der Waals surface area contributed by atoms with Gasteiger partial charge in [0.05, 0.1) is 11.2 Å². The van der Waals surface area contributed by atoms with Crippen molar-refractivity contribution >= 4 is 10.9 Å². The van der Waals surface area contributed by atoms with Crippen LogP contribution in [0.5, 0.6) is 0 Å². The maximum absolute atomic E-state index is 3.94. The molecule has 2 aromatic rings. The molecule has 0 radical (unpaired) electrons. The van der Waals surface area contributed by atoms with Crippen LogP contribution in [0.2, 0.25) is 0 Å². The number of fused-ring (bicyclic) bond motifs is 1. The summed E-state index contributed by atoms with van der Waals surface area (Å²) in [6, 6.07) is 5.98. The Balaban J connectivity index is 2.96. The lowest BCUT2D eigenvalue weighted by Gasteiger charge is -2.00. The first-order valence-electron chi connectivity index (χ1n) is 3.84. The normalized spacial score (nSPS) is 10.5. The molecule has 3 nitrogen and oxygen atoms in total. The van der Waals surface area contributed by atoms with E-state index in [1.165, 1.54) is 5.56 Å². The Bertz CT molecular complexity index is 386. The fourth-order valence-electron chi connectivity index (χ4n) is 1.39. The van der Waals surface area contributed by atoms with E-state index >= 15 is 0 Å². The van der Waals surface area contributed by atoms with E-state index in [1.54, 1.807) is 0 Å². The first kappa shape index (κ1) is 7.16. The summed E-state index contributed by atoms with van der Waals surface area (Å²) in [6.07, 6.45) is 0. The highest BCUT2D eigenvalue weighted by Gasteiger charge is 2.01. The second-order valence-electron chi connectivity index (χ2n) is 2.84. The molecule has 0 fully saturated rings. The summed E-state index contributed by atoms with van der Waals surface area (Å²) < 4.78 is 0. The molecule has 0 atom stereocenters. The van der Waals surface area contributed by atoms with Crippen LogP contribution in [0.4, 0.5) is 0 Å². The highest BCUT2D eigenvalue weighted by atomic mass is 15.3. The molecule has 0 saturated carbocycles. The molecule has 0 spiro atoms. The van der Waals surface area contributed by atoms with Crippen molar-refractivity contribution in [1.82, 2.24) is 15.4 Å². The van der Waals surface area contributed by atoms with Crippen molar-refractivity contribution in [3.63, 3.8) is 0 Å². The third kappa shape index (κ3) is 0.942. The molecule has 0 N–H and O–H groups in total. The van der Waals surface area contributed by atoms with Gasteiger partial charge in [-0.2, -0.15) is 0 Å². The van der Waals surface area contributed by atoms with Crippen LogP contribution in [-0.4, -0.2) is 15.4 Å². The summed E-state index contributed by atoms with van der Waals surface area (Å²) >= 11 is 0. The standard InChI is InChI=1S/C9H9N3/c1-6-4-3-5-8-9(6)7(2)10-12-11-8/h3-5H,1-2H3. The summed E-state index contributed by atoms with van der Waals surface area (Å²) in [5.74, 6) is 0. The van der Waals surface area contributed by atoms with E-state index in [-0.39, 0.29) is 0 Å². The smallest absolute Gasteiger partial charge is 0.0968 e. The van der Waals surface area contributed by atoms with Crippen LogP contribution >= 0.6 is 0 Å². The predicted octanol–water partition coefficient (Wildman–Crippen LogP) is 1.64. The van der Waals surface area contributed by atoms with Crippen LogP contribution in [0.15, 0.2) is 18.2 Å². The molecular formula is C9H9N3. The van der Waals surface area contributed by atoms with Gasteiger partial charge in [-0.25, -0.2) is 0 Å². The maximum atomic E-state index is 3.94. The lowest BCUT2D eigenvalue weighted by Crippen LogP contribution is -1.93. The summed E-state index contributed by atoms with van der Waals surface area (Å²) in [6.45, 7) is 4.00. The zero-order valence-corrected chi connectivity index (χ0v) is 7.07. The number of hydrogen-bond donors (Lipinski definition) is 0. The van der Waals surface area contributed by atoms with Gasteiger partial charge in [-0.05, 0) is 30.7 Å². The first-order valence-corrected chi connectivity index (χ1v) is 3.84. The van der Waals surface area contributed by atoms with Crippen LogP contribution in [0.1, 0.15) is 11.3 Å². The number of hydrogen-bond acceptors (Lipinski definition) is 3. The van der Waals surface area contributed by atoms with Crippen LogP contribution < -0.4 is 0 Å². The second-order valence-corrected chi connectivity index (χ2v) is 2.84. The van der Waals surface area contributed by atoms with Crippen molar-refractivity contribution in [2.45, 2.75) is 13.8 Å². The molecule has 0 aliphatic rings. The van der Waals surface area contributed by atoms with E-state index in [4.69, 9.17) is 0 Å². The molecule has 60 valence electrons. The van der Waals surface area contributed by atoms with Gasteiger partial charge in [0.2, 0.25) is 0 Å². The second kappa shape index (κ2) is 2.52. The Morgan fingerprint density at radius 3 is 2.67 bits per heavy atom. The van der Waals surface area contributed by atoms with E-state index in [9.17, 15) is 0 Å². The minimum Gasteiger partial charge on any atom is -0.135 e. The number of nitrogens with zero attached hydrogens (tertiary/aromatic N) is 3. The Morgan fingerprint density at radius 1 is 1.08 bits per heavy atom. The van der Waals surface area contributed by atoms with Gasteiger partial charge in [-0.15, -0.1) is 10.2 Å². The molecule has 1 aromatic heterocycles. The molecule has 0 bridgehead atoms. The summed E-state index contributed by atoms with van der Waals surface area (Å²) in [5, 5.41) is 12.6. The van der Waals surface area contributed by atoms with E-state index in [0.29, 0.717) is 0 Å². The third-order valence-corrected chi connectivity index (χ3v) is 1.96. The quantitative estimate of drug-likeness (QED) is 0.586. The number of rotatable bonds is 0. The third-order valence-electron chi connectivity index (χ3n) is 1.96. The highest BCUT2D eigenvalue weighted by Crippen LogP contribution is 2.16. The number of benzene rings is 1. The number of aryl methyl sites for hydroxylation is 2. The Morgan fingerprint density at radius 2 is 1.92 bits per heavy atom. The van der Waals surface area contributed by atoms with Gasteiger partial charge in [0, 0.05) is 5.39 Å². The summed E-state index contributed by atoms with van der Waals surface area (Å²) in [7, 11) is 0. The van der Waals surface area contributed by atoms with Crippen LogP contribution in [0.25, 0.3) is 10.9 Å². The summed E-state index contributed by atoms with van der Waals surface area (Å²) in [4.78, 5) is 0. The van der Waals surface area contributed by atoms with Crippen molar-refractivity contribution in [2.75, 3.05) is 0 Å². The molecule has 1 heterocycles. The SMILES string of the molecule is Cc1cccc2nnnc(C)c12. The molecule has 12 heavy (non-hydrogen) atoms. The lowest BCUT2D eigenvalue weighted by atomic mass is 10.1. The summed E-state index contributed by atoms with van der Waals surface area (Å²) in [5.41, 5.74) is 3.06. The van der Waals surface area contributed by atoms with Gasteiger partial charge < -0.3 is 0 Å². The van der Waals surface area contributed by atoms with Crippen molar-refractivity contribution in [3.05, 3.63) is 29.5 Å². The predicted molar refractivity (Wildman–Crippen MR) is 46.8 cm³/mol. The van der Waals surface area contributed by atoms with Gasteiger partial charge >= 0.3 is 0 Å². The average Bonchev–Trinajstić information content (AvgIpc) is 2.04. The molecule has 3 heteroatoms. The molecule has 2 rings (SSSR count). The van der Waals surface area contributed by atoms with E-state index in [0.717, 1.165) is 16.6 Å². The van der Waals surface area contributed by atoms with Crippen LogP contribution in [0, 0.1) is 13.8 Å². The Labute approximate surface area is 70.4 Å². The van der Waals surface area contributed by atoms with Gasteiger partial charge in [-0.3, -0.25) is 0 Å². The first-order chi connectivity index (χ1) is 5.79. The molecule has 0 saturated heterocycles. The minimum atomic E-state index is 0.919. The average molecular weight is 159 g/mol. The largest absolute Gasteiger partial charge is 0.135 e. The lowest BCUT2D eigenvalue weighted by molar-refractivity contribution is 0.869. The topological polar surface area (TPSA) is 38.7 Å². The maximum Gasteiger partial charge on any atom is 0.0968 e. The van der Waals surface area contributed by atoms with Crippen molar-refractivity contribution in [1.29, 1.82) is 0 Å². The molecule has 0 unspecified atom stereocenters. The zero-order chi connectivity index (χ0) is 8.55. The van der Waals surface area contributed by atoms with Crippen molar-refractivity contribution in [3.8, 4) is 0 Å². The van der Waals surface area contributed by atoms with E-state index in [1.807, 2.05) is 19.1 Å². The van der Waals surface area contributed by atoms with Gasteiger partial charge in [-0.1, -0.05) is 12.1 Å². The van der Waals surface area contributed by atoms with E-state index in [2.05, 4.69) is 28.4 Å². The zero-order valence-electron chi connectivity index (χ0n) is 7.07. The van der Waals surface area contributed by atoms with Crippen molar-refractivity contribution < 1.29 is 0 Å². The van der Waals surface area contributed by atoms with Gasteiger partial charge in [0.15, 0.2) is 0 Å².